The molecule has 3 N–H and O–H groups in total. The molecule has 1 atom stereocenters. The number of piperidine rings is 1. The van der Waals surface area contributed by atoms with Crippen LogP contribution in [0.2, 0.25) is 0 Å². The van der Waals surface area contributed by atoms with Crippen molar-refractivity contribution in [3.05, 3.63) is 36.0 Å². The van der Waals surface area contributed by atoms with Crippen molar-refractivity contribution in [3.8, 4) is 0 Å². The first-order chi connectivity index (χ1) is 17.2. The number of H-pyrrole nitrogens is 1. The molecular formula is C24H28F3N7O2. The standard InChI is InChI=1S/C24H28F3N7O2/c1-23(14-29-22(36)24(25,26)27)7-10-33(11-8-23)18-12-28-19-20(30-18)31-32-21(19)34-9-6-15(13-35)16-4-2-3-5-17(16)34/h2-5,12,15,35H,6-11,13-14H2,1H3,(H,29,36)(H,30,31,32). The van der Waals surface area contributed by atoms with Gasteiger partial charge in [0, 0.05) is 37.8 Å². The topological polar surface area (TPSA) is 110 Å². The van der Waals surface area contributed by atoms with Crippen LogP contribution in [-0.2, 0) is 4.79 Å². The van der Waals surface area contributed by atoms with Crippen molar-refractivity contribution in [2.75, 3.05) is 42.6 Å². The monoisotopic (exact) mass is 503 g/mol. The number of nitrogens with one attached hydrogen (secondary N) is 2. The van der Waals surface area contributed by atoms with Gasteiger partial charge in [-0.3, -0.25) is 9.89 Å². The number of rotatable bonds is 5. The molecule has 192 valence electrons. The summed E-state index contributed by atoms with van der Waals surface area (Å²) in [6, 6.07) is 7.97. The molecule has 2 aliphatic rings. The van der Waals surface area contributed by atoms with Gasteiger partial charge in [0.1, 0.15) is 5.82 Å². The van der Waals surface area contributed by atoms with Crippen LogP contribution in [0.5, 0.6) is 0 Å². The van der Waals surface area contributed by atoms with E-state index in [1.165, 1.54) is 0 Å². The molecule has 1 unspecified atom stereocenters. The van der Waals surface area contributed by atoms with E-state index in [4.69, 9.17) is 4.98 Å². The third-order valence-electron chi connectivity index (χ3n) is 7.31. The smallest absolute Gasteiger partial charge is 0.396 e. The van der Waals surface area contributed by atoms with Crippen LogP contribution in [0.3, 0.4) is 0 Å². The number of hydrogen-bond acceptors (Lipinski definition) is 7. The Morgan fingerprint density at radius 1 is 1.25 bits per heavy atom. The van der Waals surface area contributed by atoms with Crippen LogP contribution in [0.1, 0.15) is 37.7 Å². The third-order valence-corrected chi connectivity index (χ3v) is 7.31. The number of alkyl halides is 3. The van der Waals surface area contributed by atoms with Gasteiger partial charge in [0.05, 0.1) is 12.8 Å². The number of amides is 1. The van der Waals surface area contributed by atoms with Gasteiger partial charge >= 0.3 is 12.1 Å². The van der Waals surface area contributed by atoms with E-state index < -0.39 is 17.5 Å². The number of benzene rings is 1. The zero-order valence-corrected chi connectivity index (χ0v) is 19.8. The van der Waals surface area contributed by atoms with Crippen LogP contribution >= 0.6 is 0 Å². The van der Waals surface area contributed by atoms with Crippen molar-refractivity contribution in [3.63, 3.8) is 0 Å². The maximum Gasteiger partial charge on any atom is 0.471 e. The zero-order valence-electron chi connectivity index (χ0n) is 19.8. The van der Waals surface area contributed by atoms with E-state index in [1.54, 1.807) is 6.20 Å². The second-order valence-electron chi connectivity index (χ2n) is 9.83. The predicted octanol–water partition coefficient (Wildman–Crippen LogP) is 3.26. The summed E-state index contributed by atoms with van der Waals surface area (Å²) in [7, 11) is 0. The molecule has 0 aliphatic carbocycles. The molecule has 9 nitrogen and oxygen atoms in total. The number of carbonyl (C=O) groups excluding carboxylic acids is 1. The van der Waals surface area contributed by atoms with Gasteiger partial charge in [-0.05, 0) is 36.3 Å². The molecule has 0 spiro atoms. The van der Waals surface area contributed by atoms with Crippen LogP contribution in [0.4, 0.5) is 30.5 Å². The summed E-state index contributed by atoms with van der Waals surface area (Å²) in [6.45, 7) is 3.82. The number of para-hydroxylation sites is 1. The van der Waals surface area contributed by atoms with Gasteiger partial charge in [-0.2, -0.15) is 18.3 Å². The van der Waals surface area contributed by atoms with Gasteiger partial charge in [-0.1, -0.05) is 25.1 Å². The lowest BCUT2D eigenvalue weighted by Gasteiger charge is -2.39. The number of nitrogens with zero attached hydrogens (tertiary/aromatic N) is 5. The van der Waals surface area contributed by atoms with Gasteiger partial charge in [-0.25, -0.2) is 9.97 Å². The summed E-state index contributed by atoms with van der Waals surface area (Å²) in [5, 5.41) is 19.3. The highest BCUT2D eigenvalue weighted by Gasteiger charge is 2.40. The molecular weight excluding hydrogens is 475 g/mol. The Balaban J connectivity index is 1.30. The van der Waals surface area contributed by atoms with Gasteiger partial charge in [0.15, 0.2) is 17.0 Å². The van der Waals surface area contributed by atoms with Crippen LogP contribution < -0.4 is 15.1 Å². The van der Waals surface area contributed by atoms with E-state index in [0.717, 1.165) is 17.7 Å². The average molecular weight is 504 g/mol. The summed E-state index contributed by atoms with van der Waals surface area (Å²) in [5.74, 6) is -0.467. The maximum absolute atomic E-state index is 12.5. The van der Waals surface area contributed by atoms with Crippen LogP contribution in [0, 0.1) is 5.41 Å². The number of aromatic amines is 1. The summed E-state index contributed by atoms with van der Waals surface area (Å²) in [4.78, 5) is 24.7. The highest BCUT2D eigenvalue weighted by Crippen LogP contribution is 2.40. The van der Waals surface area contributed by atoms with E-state index in [2.05, 4.69) is 20.1 Å². The molecule has 1 saturated heterocycles. The first-order valence-electron chi connectivity index (χ1n) is 12.0. The molecule has 0 saturated carbocycles. The van der Waals surface area contributed by atoms with Crippen LogP contribution in [0.25, 0.3) is 11.2 Å². The second-order valence-corrected chi connectivity index (χ2v) is 9.83. The Labute approximate surface area is 205 Å². The molecule has 36 heavy (non-hydrogen) atoms. The summed E-state index contributed by atoms with van der Waals surface area (Å²) in [6.07, 6.45) is -1.17. The molecule has 4 heterocycles. The van der Waals surface area contributed by atoms with E-state index in [9.17, 15) is 23.1 Å². The Morgan fingerprint density at radius 3 is 2.72 bits per heavy atom. The minimum absolute atomic E-state index is 0.0255. The molecule has 1 amide bonds. The predicted molar refractivity (Wildman–Crippen MR) is 128 cm³/mol. The number of anilines is 3. The lowest BCUT2D eigenvalue weighted by molar-refractivity contribution is -0.174. The summed E-state index contributed by atoms with van der Waals surface area (Å²) in [5.41, 5.74) is 2.84. The SMILES string of the molecule is CC1(CNC(=O)C(F)(F)F)CCN(c2cnc3c(N4CCC(CO)c5ccccc54)n[nH]c3n2)CC1. The fraction of sp³-hybridized carbons (Fsp3) is 0.500. The number of carbonyl (C=O) groups is 1. The molecule has 3 aromatic rings. The first-order valence-corrected chi connectivity index (χ1v) is 12.0. The second kappa shape index (κ2) is 9.23. The molecule has 0 bridgehead atoms. The Kier molecular flexibility index (Phi) is 6.23. The van der Waals surface area contributed by atoms with Crippen LogP contribution in [-0.4, -0.2) is 70.1 Å². The highest BCUT2D eigenvalue weighted by molar-refractivity contribution is 5.88. The third kappa shape index (κ3) is 4.57. The van der Waals surface area contributed by atoms with E-state index >= 15 is 0 Å². The molecule has 5 rings (SSSR count). The van der Waals surface area contributed by atoms with Crippen LogP contribution in [0.15, 0.2) is 30.5 Å². The van der Waals surface area contributed by atoms with Gasteiger partial charge in [0.2, 0.25) is 0 Å². The van der Waals surface area contributed by atoms with Crippen molar-refractivity contribution in [2.45, 2.75) is 38.3 Å². The molecule has 1 aromatic carbocycles. The van der Waals surface area contributed by atoms with Crippen molar-refractivity contribution in [2.24, 2.45) is 5.41 Å². The normalized spacial score (nSPS) is 19.9. The Bertz CT molecular complexity index is 1250. The highest BCUT2D eigenvalue weighted by atomic mass is 19.4. The van der Waals surface area contributed by atoms with Crippen molar-refractivity contribution >= 4 is 34.4 Å². The number of fused-ring (bicyclic) bond motifs is 2. The molecule has 2 aliphatic heterocycles. The lowest BCUT2D eigenvalue weighted by Crippen LogP contribution is -2.47. The van der Waals surface area contributed by atoms with Crippen molar-refractivity contribution in [1.82, 2.24) is 25.5 Å². The van der Waals surface area contributed by atoms with E-state index in [-0.39, 0.29) is 19.1 Å². The zero-order chi connectivity index (χ0) is 25.5. The van der Waals surface area contributed by atoms with E-state index in [0.29, 0.717) is 55.3 Å². The fourth-order valence-corrected chi connectivity index (χ4v) is 5.02. The number of aromatic nitrogens is 4. The van der Waals surface area contributed by atoms with Gasteiger partial charge in [0.25, 0.3) is 0 Å². The lowest BCUT2D eigenvalue weighted by atomic mass is 9.80. The molecule has 1 fully saturated rings. The molecule has 2 aromatic heterocycles. The Morgan fingerprint density at radius 2 is 2.00 bits per heavy atom. The number of aliphatic hydroxyl groups is 1. The van der Waals surface area contributed by atoms with Gasteiger partial charge < -0.3 is 20.2 Å². The van der Waals surface area contributed by atoms with Crippen molar-refractivity contribution < 1.29 is 23.1 Å². The minimum Gasteiger partial charge on any atom is -0.396 e. The molecule has 0 radical (unpaired) electrons. The minimum atomic E-state index is -4.87. The Hall–Kier alpha value is -3.41. The van der Waals surface area contributed by atoms with Crippen molar-refractivity contribution in [1.29, 1.82) is 0 Å². The number of halogens is 3. The van der Waals surface area contributed by atoms with Gasteiger partial charge in [-0.15, -0.1) is 0 Å². The molecule has 12 heteroatoms. The fourth-order valence-electron chi connectivity index (χ4n) is 5.02. The average Bonchev–Trinajstić information content (AvgIpc) is 3.29. The maximum atomic E-state index is 12.5. The quantitative estimate of drug-likeness (QED) is 0.490. The van der Waals surface area contributed by atoms with E-state index in [1.807, 2.05) is 41.4 Å². The first kappa shape index (κ1) is 24.3. The number of aliphatic hydroxyl groups excluding tert-OH is 1. The summed E-state index contributed by atoms with van der Waals surface area (Å²) >= 11 is 0. The summed E-state index contributed by atoms with van der Waals surface area (Å²) < 4.78 is 37.5. The largest absolute Gasteiger partial charge is 0.471 e. The number of hydrogen-bond donors (Lipinski definition) is 3.